The average molecular weight is 243 g/mol. The van der Waals surface area contributed by atoms with Gasteiger partial charge in [0.2, 0.25) is 0 Å². The van der Waals surface area contributed by atoms with E-state index in [9.17, 15) is 0 Å². The van der Waals surface area contributed by atoms with Gasteiger partial charge in [-0.2, -0.15) is 5.10 Å². The van der Waals surface area contributed by atoms with Crippen molar-refractivity contribution in [1.82, 2.24) is 9.78 Å². The molecule has 1 N–H and O–H groups in total. The Labute approximate surface area is 109 Å². The lowest BCUT2D eigenvalue weighted by molar-refractivity contribution is 0.529. The Hall–Kier alpha value is -1.77. The molecule has 96 valence electrons. The van der Waals surface area contributed by atoms with Crippen LogP contribution in [0.15, 0.2) is 42.6 Å². The number of hydrogen-bond donors (Lipinski definition) is 1. The lowest BCUT2D eigenvalue weighted by atomic mass is 9.97. The summed E-state index contributed by atoms with van der Waals surface area (Å²) in [6.45, 7) is 4.49. The summed E-state index contributed by atoms with van der Waals surface area (Å²) in [4.78, 5) is 0. The van der Waals surface area contributed by atoms with Crippen LogP contribution in [0.1, 0.15) is 31.9 Å². The van der Waals surface area contributed by atoms with E-state index in [4.69, 9.17) is 0 Å². The zero-order chi connectivity index (χ0) is 13.0. The van der Waals surface area contributed by atoms with Crippen LogP contribution >= 0.6 is 0 Å². The minimum atomic E-state index is 0.320. The molecular formula is C15H21N3. The third-order valence-electron chi connectivity index (χ3n) is 2.94. The number of benzene rings is 1. The summed E-state index contributed by atoms with van der Waals surface area (Å²) in [5.41, 5.74) is 1.32. The molecule has 1 aromatic heterocycles. The molecule has 0 fully saturated rings. The fraction of sp³-hybridized carbons (Fsp3) is 0.400. The highest BCUT2D eigenvalue weighted by atomic mass is 15.3. The first kappa shape index (κ1) is 12.7. The molecule has 0 spiro atoms. The summed E-state index contributed by atoms with van der Waals surface area (Å²) in [6, 6.07) is 12.9. The van der Waals surface area contributed by atoms with Crippen molar-refractivity contribution >= 4 is 5.82 Å². The van der Waals surface area contributed by atoms with Crippen molar-refractivity contribution < 1.29 is 0 Å². The smallest absolute Gasteiger partial charge is 0.148 e. The molecule has 0 saturated carbocycles. The third kappa shape index (κ3) is 3.36. The molecular weight excluding hydrogens is 222 g/mol. The molecule has 1 atom stereocenters. The highest BCUT2D eigenvalue weighted by Gasteiger charge is 2.13. The Morgan fingerprint density at radius 2 is 1.89 bits per heavy atom. The van der Waals surface area contributed by atoms with E-state index in [2.05, 4.69) is 54.6 Å². The molecule has 2 aromatic rings. The molecule has 2 rings (SSSR count). The molecule has 0 amide bonds. The zero-order valence-electron chi connectivity index (χ0n) is 11.3. The fourth-order valence-corrected chi connectivity index (χ4v) is 2.11. The maximum absolute atomic E-state index is 4.39. The second kappa shape index (κ2) is 5.71. The van der Waals surface area contributed by atoms with E-state index in [1.807, 2.05) is 24.0 Å². The van der Waals surface area contributed by atoms with Crippen LogP contribution in [0.5, 0.6) is 0 Å². The van der Waals surface area contributed by atoms with Crippen molar-refractivity contribution in [3.05, 3.63) is 48.2 Å². The van der Waals surface area contributed by atoms with Crippen molar-refractivity contribution in [2.24, 2.45) is 13.0 Å². The van der Waals surface area contributed by atoms with Crippen LogP contribution in [-0.4, -0.2) is 9.78 Å². The predicted octanol–water partition coefficient (Wildman–Crippen LogP) is 3.62. The molecule has 1 aromatic carbocycles. The van der Waals surface area contributed by atoms with Gasteiger partial charge in [0, 0.05) is 19.3 Å². The maximum atomic E-state index is 4.39. The van der Waals surface area contributed by atoms with Crippen LogP contribution in [0.2, 0.25) is 0 Å². The minimum absolute atomic E-state index is 0.320. The van der Waals surface area contributed by atoms with Gasteiger partial charge in [-0.1, -0.05) is 44.2 Å². The van der Waals surface area contributed by atoms with Crippen LogP contribution in [-0.2, 0) is 7.05 Å². The van der Waals surface area contributed by atoms with E-state index in [1.54, 1.807) is 0 Å². The number of rotatable bonds is 5. The van der Waals surface area contributed by atoms with Gasteiger partial charge in [0.1, 0.15) is 5.82 Å². The fourth-order valence-electron chi connectivity index (χ4n) is 2.11. The summed E-state index contributed by atoms with van der Waals surface area (Å²) in [7, 11) is 1.94. The molecule has 0 bridgehead atoms. The summed E-state index contributed by atoms with van der Waals surface area (Å²) >= 11 is 0. The summed E-state index contributed by atoms with van der Waals surface area (Å²) in [6.07, 6.45) is 3.06. The van der Waals surface area contributed by atoms with Crippen molar-refractivity contribution in [1.29, 1.82) is 0 Å². The first-order valence-corrected chi connectivity index (χ1v) is 6.46. The molecule has 0 aliphatic rings. The van der Waals surface area contributed by atoms with Gasteiger partial charge in [0.15, 0.2) is 0 Å². The summed E-state index contributed by atoms with van der Waals surface area (Å²) in [5.74, 6) is 1.58. The number of hydrogen-bond acceptors (Lipinski definition) is 2. The predicted molar refractivity (Wildman–Crippen MR) is 75.5 cm³/mol. The van der Waals surface area contributed by atoms with Gasteiger partial charge in [0.25, 0.3) is 0 Å². The average Bonchev–Trinajstić information content (AvgIpc) is 2.75. The van der Waals surface area contributed by atoms with E-state index in [1.165, 1.54) is 5.56 Å². The van der Waals surface area contributed by atoms with Crippen LogP contribution in [0.3, 0.4) is 0 Å². The van der Waals surface area contributed by atoms with Gasteiger partial charge >= 0.3 is 0 Å². The molecule has 0 radical (unpaired) electrons. The van der Waals surface area contributed by atoms with Crippen molar-refractivity contribution in [2.75, 3.05) is 5.32 Å². The first-order valence-electron chi connectivity index (χ1n) is 6.46. The lowest BCUT2D eigenvalue weighted by Crippen LogP contribution is -2.13. The highest BCUT2D eigenvalue weighted by Crippen LogP contribution is 2.24. The van der Waals surface area contributed by atoms with Gasteiger partial charge in [-0.25, -0.2) is 0 Å². The second-order valence-electron chi connectivity index (χ2n) is 5.11. The molecule has 3 heteroatoms. The Balaban J connectivity index is 2.15. The van der Waals surface area contributed by atoms with Crippen molar-refractivity contribution in [3.63, 3.8) is 0 Å². The summed E-state index contributed by atoms with van der Waals surface area (Å²) < 4.78 is 1.82. The zero-order valence-corrected chi connectivity index (χ0v) is 11.3. The SMILES string of the molecule is CC(C)CC(Nc1ccn(C)n1)c1ccccc1. The van der Waals surface area contributed by atoms with Crippen LogP contribution in [0, 0.1) is 5.92 Å². The van der Waals surface area contributed by atoms with Gasteiger partial charge in [0.05, 0.1) is 6.04 Å². The summed E-state index contributed by atoms with van der Waals surface area (Å²) in [5, 5.41) is 7.90. The number of anilines is 1. The minimum Gasteiger partial charge on any atom is -0.362 e. The number of nitrogens with zero attached hydrogens (tertiary/aromatic N) is 2. The van der Waals surface area contributed by atoms with E-state index in [0.717, 1.165) is 12.2 Å². The monoisotopic (exact) mass is 243 g/mol. The van der Waals surface area contributed by atoms with Crippen molar-refractivity contribution in [2.45, 2.75) is 26.3 Å². The third-order valence-corrected chi connectivity index (χ3v) is 2.94. The molecule has 0 saturated heterocycles. The lowest BCUT2D eigenvalue weighted by Gasteiger charge is -2.20. The Bertz CT molecular complexity index is 473. The normalized spacial score (nSPS) is 12.7. The molecule has 1 unspecified atom stereocenters. The Morgan fingerprint density at radius 3 is 2.44 bits per heavy atom. The maximum Gasteiger partial charge on any atom is 0.148 e. The van der Waals surface area contributed by atoms with E-state index < -0.39 is 0 Å². The highest BCUT2D eigenvalue weighted by molar-refractivity contribution is 5.37. The van der Waals surface area contributed by atoms with E-state index in [0.29, 0.717) is 12.0 Å². The quantitative estimate of drug-likeness (QED) is 0.869. The Kier molecular flexibility index (Phi) is 4.03. The van der Waals surface area contributed by atoms with E-state index in [-0.39, 0.29) is 0 Å². The van der Waals surface area contributed by atoms with Crippen LogP contribution in [0.4, 0.5) is 5.82 Å². The number of nitrogens with one attached hydrogen (secondary N) is 1. The molecule has 3 nitrogen and oxygen atoms in total. The van der Waals surface area contributed by atoms with Crippen molar-refractivity contribution in [3.8, 4) is 0 Å². The second-order valence-corrected chi connectivity index (χ2v) is 5.11. The number of aromatic nitrogens is 2. The Morgan fingerprint density at radius 1 is 1.17 bits per heavy atom. The van der Waals surface area contributed by atoms with Gasteiger partial charge in [-0.05, 0) is 17.9 Å². The molecule has 1 heterocycles. The van der Waals surface area contributed by atoms with E-state index >= 15 is 0 Å². The molecule has 0 aliphatic carbocycles. The van der Waals surface area contributed by atoms with Gasteiger partial charge < -0.3 is 5.32 Å². The standard InChI is InChI=1S/C15H21N3/c1-12(2)11-14(13-7-5-4-6-8-13)16-15-9-10-18(3)17-15/h4-10,12,14H,11H2,1-3H3,(H,16,17). The van der Waals surface area contributed by atoms with Gasteiger partial charge in [-0.15, -0.1) is 0 Å². The number of aryl methyl sites for hydroxylation is 1. The first-order chi connectivity index (χ1) is 8.65. The topological polar surface area (TPSA) is 29.9 Å². The van der Waals surface area contributed by atoms with Gasteiger partial charge in [-0.3, -0.25) is 4.68 Å². The largest absolute Gasteiger partial charge is 0.362 e. The van der Waals surface area contributed by atoms with Crippen LogP contribution in [0.25, 0.3) is 0 Å². The van der Waals surface area contributed by atoms with Crippen LogP contribution < -0.4 is 5.32 Å². The molecule has 18 heavy (non-hydrogen) atoms. The molecule has 0 aliphatic heterocycles.